The van der Waals surface area contributed by atoms with Crippen molar-refractivity contribution in [3.8, 4) is 0 Å². The number of rotatable bonds is 8. The minimum atomic E-state index is 0. The summed E-state index contributed by atoms with van der Waals surface area (Å²) in [5.74, 6) is 0. The second-order valence-corrected chi connectivity index (χ2v) is 2.97. The van der Waals surface area contributed by atoms with E-state index in [9.17, 15) is 0 Å². The van der Waals surface area contributed by atoms with Gasteiger partial charge >= 0.3 is 0 Å². The van der Waals surface area contributed by atoms with Crippen LogP contribution in [-0.4, -0.2) is 27.2 Å². The third-order valence-corrected chi connectivity index (χ3v) is 1.85. The summed E-state index contributed by atoms with van der Waals surface area (Å²) in [7, 11) is 4.03. The standard InChI is InChI=1S/C9H22N2.C2H6.2H2/c1-10-8-6-4-3-5-7-9-11-2;1-2;;/h10-11H,3-9H2,1-2H3;1-2H3;2*1H. The fraction of sp³-hybridized carbons (Fsp3) is 1.00. The Morgan fingerprint density at radius 2 is 1.00 bits per heavy atom. The van der Waals surface area contributed by atoms with Gasteiger partial charge < -0.3 is 10.6 Å². The van der Waals surface area contributed by atoms with Crippen LogP contribution in [0.5, 0.6) is 0 Å². The van der Waals surface area contributed by atoms with Crippen molar-refractivity contribution in [2.24, 2.45) is 0 Å². The summed E-state index contributed by atoms with van der Waals surface area (Å²) < 4.78 is 0. The second-order valence-electron chi connectivity index (χ2n) is 2.97. The van der Waals surface area contributed by atoms with Crippen LogP contribution in [0.15, 0.2) is 0 Å². The van der Waals surface area contributed by atoms with E-state index in [1.807, 2.05) is 27.9 Å². The lowest BCUT2D eigenvalue weighted by Crippen LogP contribution is -2.08. The zero-order chi connectivity index (χ0) is 10.4. The van der Waals surface area contributed by atoms with Gasteiger partial charge in [0.15, 0.2) is 0 Å². The van der Waals surface area contributed by atoms with Crippen LogP contribution in [-0.2, 0) is 0 Å². The average Bonchev–Trinajstić information content (AvgIpc) is 2.20. The van der Waals surface area contributed by atoms with Crippen molar-refractivity contribution in [1.29, 1.82) is 0 Å². The van der Waals surface area contributed by atoms with Gasteiger partial charge in [-0.2, -0.15) is 0 Å². The number of hydrogen-bond acceptors (Lipinski definition) is 2. The maximum Gasteiger partial charge on any atom is 0 e. The van der Waals surface area contributed by atoms with E-state index in [-0.39, 0.29) is 2.85 Å². The predicted molar refractivity (Wildman–Crippen MR) is 66.5 cm³/mol. The van der Waals surface area contributed by atoms with E-state index >= 15 is 0 Å². The Bertz CT molecular complexity index is 65.6. The predicted octanol–water partition coefficient (Wildman–Crippen LogP) is 2.89. The Balaban J connectivity index is -0.000000142. The maximum atomic E-state index is 3.16. The van der Waals surface area contributed by atoms with Gasteiger partial charge in [0, 0.05) is 2.85 Å². The molecule has 0 saturated carbocycles. The molecule has 0 aliphatic carbocycles. The normalized spacial score (nSPS) is 9.23. The van der Waals surface area contributed by atoms with Gasteiger partial charge in [-0.3, -0.25) is 0 Å². The highest BCUT2D eigenvalue weighted by Gasteiger charge is 1.88. The van der Waals surface area contributed by atoms with E-state index in [0.29, 0.717) is 0 Å². The largest absolute Gasteiger partial charge is 0.320 e. The summed E-state index contributed by atoms with van der Waals surface area (Å²) >= 11 is 0. The number of nitrogens with one attached hydrogen (secondary N) is 2. The summed E-state index contributed by atoms with van der Waals surface area (Å²) in [5, 5.41) is 6.31. The molecule has 0 fully saturated rings. The van der Waals surface area contributed by atoms with Gasteiger partial charge in [-0.05, 0) is 40.0 Å². The van der Waals surface area contributed by atoms with Crippen LogP contribution in [0.3, 0.4) is 0 Å². The van der Waals surface area contributed by atoms with Crippen molar-refractivity contribution in [2.75, 3.05) is 27.2 Å². The molecule has 0 unspecified atom stereocenters. The van der Waals surface area contributed by atoms with E-state index in [0.717, 1.165) is 0 Å². The molecule has 0 aliphatic heterocycles. The average molecular weight is 192 g/mol. The third-order valence-electron chi connectivity index (χ3n) is 1.85. The van der Waals surface area contributed by atoms with Crippen molar-refractivity contribution in [3.63, 3.8) is 0 Å². The molecule has 86 valence electrons. The lowest BCUT2D eigenvalue weighted by atomic mass is 10.1. The van der Waals surface area contributed by atoms with Crippen LogP contribution >= 0.6 is 0 Å². The van der Waals surface area contributed by atoms with E-state index in [4.69, 9.17) is 0 Å². The highest BCUT2D eigenvalue weighted by atomic mass is 14.8. The maximum absolute atomic E-state index is 3.16. The summed E-state index contributed by atoms with van der Waals surface area (Å²) in [6.07, 6.45) is 6.81. The first-order valence-corrected chi connectivity index (χ1v) is 5.71. The Morgan fingerprint density at radius 1 is 0.692 bits per heavy atom. The van der Waals surface area contributed by atoms with Crippen LogP contribution in [0.2, 0.25) is 0 Å². The molecular formula is C11H32N2. The Morgan fingerprint density at radius 3 is 1.31 bits per heavy atom. The molecule has 2 heteroatoms. The van der Waals surface area contributed by atoms with Crippen molar-refractivity contribution in [1.82, 2.24) is 10.6 Å². The summed E-state index contributed by atoms with van der Waals surface area (Å²) in [5.41, 5.74) is 0. The molecule has 0 rings (SSSR count). The molecule has 0 bridgehead atoms. The molecular weight excluding hydrogens is 160 g/mol. The lowest BCUT2D eigenvalue weighted by molar-refractivity contribution is 0.585. The monoisotopic (exact) mass is 192 g/mol. The zero-order valence-electron chi connectivity index (χ0n) is 9.95. The first kappa shape index (κ1) is 15.4. The van der Waals surface area contributed by atoms with Crippen LogP contribution in [0.1, 0.15) is 48.8 Å². The minimum Gasteiger partial charge on any atom is -0.320 e. The van der Waals surface area contributed by atoms with Crippen LogP contribution in [0.25, 0.3) is 0 Å². The fourth-order valence-electron chi connectivity index (χ4n) is 1.13. The molecule has 0 aromatic carbocycles. The Hall–Kier alpha value is -0.0800. The highest BCUT2D eigenvalue weighted by Crippen LogP contribution is 2.00. The SMILES string of the molecule is CC.CNCCCCCCCNC.[HH].[HH]. The molecule has 0 atom stereocenters. The van der Waals surface area contributed by atoms with Crippen molar-refractivity contribution in [2.45, 2.75) is 46.0 Å². The molecule has 0 spiro atoms. The quantitative estimate of drug-likeness (QED) is 0.578. The number of unbranched alkanes of at least 4 members (excludes halogenated alkanes) is 4. The first-order valence-electron chi connectivity index (χ1n) is 5.71. The molecule has 0 amide bonds. The van der Waals surface area contributed by atoms with E-state index < -0.39 is 0 Å². The molecule has 0 saturated heterocycles. The van der Waals surface area contributed by atoms with Crippen molar-refractivity contribution < 1.29 is 2.85 Å². The zero-order valence-corrected chi connectivity index (χ0v) is 9.95. The Kier molecular flexibility index (Phi) is 21.2. The summed E-state index contributed by atoms with van der Waals surface area (Å²) in [6, 6.07) is 0. The summed E-state index contributed by atoms with van der Waals surface area (Å²) in [4.78, 5) is 0. The van der Waals surface area contributed by atoms with Crippen LogP contribution < -0.4 is 10.6 Å². The molecule has 2 nitrogen and oxygen atoms in total. The van der Waals surface area contributed by atoms with Gasteiger partial charge in [0.25, 0.3) is 0 Å². The lowest BCUT2D eigenvalue weighted by Gasteiger charge is -2.00. The highest BCUT2D eigenvalue weighted by molar-refractivity contribution is 4.47. The van der Waals surface area contributed by atoms with E-state index in [1.165, 1.54) is 45.2 Å². The molecule has 2 N–H and O–H groups in total. The number of hydrogen-bond donors (Lipinski definition) is 2. The molecule has 0 aromatic rings. The van der Waals surface area contributed by atoms with Gasteiger partial charge in [0.05, 0.1) is 0 Å². The van der Waals surface area contributed by atoms with Gasteiger partial charge in [-0.25, -0.2) is 0 Å². The molecule has 13 heavy (non-hydrogen) atoms. The third kappa shape index (κ3) is 18.7. The minimum absolute atomic E-state index is 0. The Labute approximate surface area is 87.5 Å². The van der Waals surface area contributed by atoms with Gasteiger partial charge in [0.2, 0.25) is 0 Å². The van der Waals surface area contributed by atoms with Crippen molar-refractivity contribution in [3.05, 3.63) is 0 Å². The fourth-order valence-corrected chi connectivity index (χ4v) is 1.13. The smallest absolute Gasteiger partial charge is 0 e. The molecule has 0 radical (unpaired) electrons. The van der Waals surface area contributed by atoms with E-state index in [1.54, 1.807) is 0 Å². The van der Waals surface area contributed by atoms with Gasteiger partial charge in [0.1, 0.15) is 0 Å². The van der Waals surface area contributed by atoms with Gasteiger partial charge in [-0.15, -0.1) is 0 Å². The van der Waals surface area contributed by atoms with Crippen LogP contribution in [0, 0.1) is 0 Å². The van der Waals surface area contributed by atoms with Crippen LogP contribution in [0.4, 0.5) is 0 Å². The topological polar surface area (TPSA) is 24.1 Å². The van der Waals surface area contributed by atoms with E-state index in [2.05, 4.69) is 10.6 Å². The van der Waals surface area contributed by atoms with Gasteiger partial charge in [-0.1, -0.05) is 33.1 Å². The molecule has 0 aromatic heterocycles. The second kappa shape index (κ2) is 17.9. The first-order chi connectivity index (χ1) is 6.41. The molecule has 0 aliphatic rings. The summed E-state index contributed by atoms with van der Waals surface area (Å²) in [6.45, 7) is 6.35. The van der Waals surface area contributed by atoms with Crippen molar-refractivity contribution >= 4 is 0 Å². The molecule has 0 heterocycles.